The highest BCUT2D eigenvalue weighted by Crippen LogP contribution is 2.40. The summed E-state index contributed by atoms with van der Waals surface area (Å²) in [5, 5.41) is 16.8. The van der Waals surface area contributed by atoms with Gasteiger partial charge in [0.05, 0.1) is 30.7 Å². The molecule has 10 heteroatoms. The first-order valence-electron chi connectivity index (χ1n) is 9.41. The van der Waals surface area contributed by atoms with Gasteiger partial charge in [-0.15, -0.1) is 5.10 Å². The van der Waals surface area contributed by atoms with Crippen LogP contribution in [0.2, 0.25) is 0 Å². The van der Waals surface area contributed by atoms with E-state index < -0.39 is 18.3 Å². The van der Waals surface area contributed by atoms with E-state index in [-0.39, 0.29) is 12.6 Å². The summed E-state index contributed by atoms with van der Waals surface area (Å²) in [4.78, 5) is 30.7. The second-order valence-electron chi connectivity index (χ2n) is 7.32. The van der Waals surface area contributed by atoms with Gasteiger partial charge >= 0.3 is 12.2 Å². The summed E-state index contributed by atoms with van der Waals surface area (Å²) in [5.41, 5.74) is 3.76. The summed E-state index contributed by atoms with van der Waals surface area (Å²) in [6, 6.07) is 9.51. The maximum absolute atomic E-state index is 12.4. The number of pyridine rings is 1. The zero-order valence-electron chi connectivity index (χ0n) is 16.0. The molecular formula is C20H18N6O4. The van der Waals surface area contributed by atoms with Crippen molar-refractivity contribution in [1.82, 2.24) is 24.9 Å². The molecule has 1 aromatic carbocycles. The third-order valence-electron chi connectivity index (χ3n) is 5.50. The van der Waals surface area contributed by atoms with Crippen LogP contribution in [0.25, 0.3) is 16.9 Å². The van der Waals surface area contributed by atoms with Gasteiger partial charge in [0.25, 0.3) is 0 Å². The third kappa shape index (κ3) is 2.93. The molecule has 1 fully saturated rings. The molecule has 4 heterocycles. The number of fused-ring (bicyclic) bond motifs is 3. The van der Waals surface area contributed by atoms with E-state index >= 15 is 0 Å². The van der Waals surface area contributed by atoms with Crippen LogP contribution in [-0.2, 0) is 11.2 Å². The number of carbonyl (C=O) groups excluding carboxylic acids is 1. The number of ether oxygens (including phenoxy) is 1. The normalized spacial score (nSPS) is 19.4. The van der Waals surface area contributed by atoms with Gasteiger partial charge in [-0.2, -0.15) is 0 Å². The fraction of sp³-hybridized carbons (Fsp3) is 0.250. The number of rotatable bonds is 4. The molecule has 2 aliphatic rings. The number of amides is 2. The van der Waals surface area contributed by atoms with Crippen molar-refractivity contribution in [3.8, 4) is 16.9 Å². The number of nitrogens with zero attached hydrogens (tertiary/aromatic N) is 6. The molecule has 5 rings (SSSR count). The lowest BCUT2D eigenvalue weighted by Gasteiger charge is -2.21. The predicted octanol–water partition coefficient (Wildman–Crippen LogP) is 2.19. The first-order valence-corrected chi connectivity index (χ1v) is 9.41. The molecule has 2 aliphatic heterocycles. The highest BCUT2D eigenvalue weighted by atomic mass is 16.6. The quantitative estimate of drug-likeness (QED) is 0.706. The van der Waals surface area contributed by atoms with Crippen molar-refractivity contribution in [2.75, 3.05) is 18.5 Å². The van der Waals surface area contributed by atoms with Crippen LogP contribution in [0.4, 0.5) is 15.3 Å². The minimum Gasteiger partial charge on any atom is -0.465 e. The topological polar surface area (TPSA) is 114 Å². The van der Waals surface area contributed by atoms with Gasteiger partial charge in [0.15, 0.2) is 5.82 Å². The van der Waals surface area contributed by atoms with Gasteiger partial charge < -0.3 is 14.7 Å². The monoisotopic (exact) mass is 406 g/mol. The Morgan fingerprint density at radius 2 is 2.13 bits per heavy atom. The Morgan fingerprint density at radius 3 is 2.83 bits per heavy atom. The van der Waals surface area contributed by atoms with E-state index in [0.29, 0.717) is 12.2 Å². The smallest absolute Gasteiger partial charge is 0.415 e. The fourth-order valence-corrected chi connectivity index (χ4v) is 3.98. The Balaban J connectivity index is 1.39. The van der Waals surface area contributed by atoms with E-state index in [0.717, 1.165) is 27.3 Å². The van der Waals surface area contributed by atoms with E-state index in [4.69, 9.17) is 9.84 Å². The average molecular weight is 406 g/mol. The van der Waals surface area contributed by atoms with Crippen LogP contribution in [0.1, 0.15) is 5.56 Å². The highest BCUT2D eigenvalue weighted by molar-refractivity contribution is 5.94. The Labute approximate surface area is 171 Å². The van der Waals surface area contributed by atoms with Gasteiger partial charge in [-0.05, 0) is 41.8 Å². The standard InChI is InChI=1S/C20H18N6O4/c1-24(19(27)28)11-17-16-9-14-8-12(2-4-15(14)26(16)20(29)30-17)13-3-5-18(21-10-13)25-7-6-22-23-25/h2-8,10,16-17H,9,11H2,1H3,(H,27,28)/t16-,17-/m0/s1. The van der Waals surface area contributed by atoms with Crippen molar-refractivity contribution in [2.45, 2.75) is 18.6 Å². The summed E-state index contributed by atoms with van der Waals surface area (Å²) in [6.07, 6.45) is 3.71. The van der Waals surface area contributed by atoms with Crippen molar-refractivity contribution in [3.63, 3.8) is 0 Å². The van der Waals surface area contributed by atoms with E-state index in [1.165, 1.54) is 7.05 Å². The second-order valence-corrected chi connectivity index (χ2v) is 7.32. The largest absolute Gasteiger partial charge is 0.465 e. The molecule has 2 amide bonds. The van der Waals surface area contributed by atoms with E-state index in [1.54, 1.807) is 28.2 Å². The molecule has 1 N–H and O–H groups in total. The molecule has 30 heavy (non-hydrogen) atoms. The van der Waals surface area contributed by atoms with Gasteiger partial charge in [-0.1, -0.05) is 11.3 Å². The molecule has 10 nitrogen and oxygen atoms in total. The van der Waals surface area contributed by atoms with Gasteiger partial charge in [0, 0.05) is 18.8 Å². The summed E-state index contributed by atoms with van der Waals surface area (Å²) in [5.74, 6) is 0.672. The maximum Gasteiger partial charge on any atom is 0.415 e. The van der Waals surface area contributed by atoms with Gasteiger partial charge in [0.1, 0.15) is 6.10 Å². The first-order chi connectivity index (χ1) is 14.5. The average Bonchev–Trinajstić information content (AvgIpc) is 3.46. The summed E-state index contributed by atoms with van der Waals surface area (Å²) in [6.45, 7) is 0.136. The maximum atomic E-state index is 12.4. The van der Waals surface area contributed by atoms with E-state index in [2.05, 4.69) is 15.3 Å². The lowest BCUT2D eigenvalue weighted by atomic mass is 10.0. The molecule has 2 atom stereocenters. The number of carboxylic acid groups (broad SMARTS) is 1. The zero-order chi connectivity index (χ0) is 20.8. The van der Waals surface area contributed by atoms with Crippen LogP contribution in [-0.4, -0.2) is 67.9 Å². The molecule has 0 radical (unpaired) electrons. The van der Waals surface area contributed by atoms with Crippen LogP contribution in [0, 0.1) is 0 Å². The van der Waals surface area contributed by atoms with Crippen molar-refractivity contribution >= 4 is 17.9 Å². The zero-order valence-corrected chi connectivity index (χ0v) is 16.0. The Bertz CT molecular complexity index is 1110. The van der Waals surface area contributed by atoms with Crippen molar-refractivity contribution in [2.24, 2.45) is 0 Å². The summed E-state index contributed by atoms with van der Waals surface area (Å²) < 4.78 is 7.01. The Kier molecular flexibility index (Phi) is 4.12. The molecule has 1 saturated heterocycles. The van der Waals surface area contributed by atoms with Crippen LogP contribution in [0.3, 0.4) is 0 Å². The lowest BCUT2D eigenvalue weighted by molar-refractivity contribution is 0.0961. The Hall–Kier alpha value is -3.95. The van der Waals surface area contributed by atoms with Crippen molar-refractivity contribution < 1.29 is 19.4 Å². The molecule has 0 unspecified atom stereocenters. The third-order valence-corrected chi connectivity index (χ3v) is 5.50. The first kappa shape index (κ1) is 18.1. The van der Waals surface area contributed by atoms with Gasteiger partial charge in [-0.3, -0.25) is 4.90 Å². The number of likely N-dealkylation sites (N-methyl/N-ethyl adjacent to an activating group) is 1. The number of hydrogen-bond donors (Lipinski definition) is 1. The number of carbonyl (C=O) groups is 2. The van der Waals surface area contributed by atoms with Gasteiger partial charge in [0.2, 0.25) is 0 Å². The molecule has 0 aliphatic carbocycles. The second kappa shape index (κ2) is 6.83. The molecule has 0 spiro atoms. The minimum atomic E-state index is -1.05. The van der Waals surface area contributed by atoms with Crippen molar-refractivity contribution in [1.29, 1.82) is 0 Å². The summed E-state index contributed by atoms with van der Waals surface area (Å²) >= 11 is 0. The predicted molar refractivity (Wildman–Crippen MR) is 105 cm³/mol. The molecule has 0 bridgehead atoms. The van der Waals surface area contributed by atoms with E-state index in [9.17, 15) is 9.59 Å². The van der Waals surface area contributed by atoms with Crippen molar-refractivity contribution in [3.05, 3.63) is 54.5 Å². The number of hydrogen-bond acceptors (Lipinski definition) is 6. The van der Waals surface area contributed by atoms with Crippen LogP contribution < -0.4 is 4.90 Å². The number of cyclic esters (lactones) is 1. The van der Waals surface area contributed by atoms with E-state index in [1.807, 2.05) is 30.3 Å². The minimum absolute atomic E-state index is 0.136. The SMILES string of the molecule is CN(C[C@@H]1OC(=O)N2c3ccc(-c4ccc(-n5ccnn5)nc4)cc3C[C@@H]12)C(=O)O. The molecule has 2 aromatic heterocycles. The molecule has 3 aromatic rings. The summed E-state index contributed by atoms with van der Waals surface area (Å²) in [7, 11) is 1.47. The van der Waals surface area contributed by atoms with Crippen LogP contribution in [0.15, 0.2) is 48.9 Å². The Morgan fingerprint density at radius 1 is 1.30 bits per heavy atom. The number of aromatic nitrogens is 4. The molecule has 0 saturated carbocycles. The number of benzene rings is 1. The van der Waals surface area contributed by atoms with Crippen LogP contribution >= 0.6 is 0 Å². The number of anilines is 1. The van der Waals surface area contributed by atoms with Crippen LogP contribution in [0.5, 0.6) is 0 Å². The molecule has 152 valence electrons. The lowest BCUT2D eigenvalue weighted by Crippen LogP contribution is -2.41. The fourth-order valence-electron chi connectivity index (χ4n) is 3.98. The molecular weight excluding hydrogens is 388 g/mol. The van der Waals surface area contributed by atoms with Gasteiger partial charge in [-0.25, -0.2) is 19.3 Å². The highest BCUT2D eigenvalue weighted by Gasteiger charge is 2.48.